The lowest BCUT2D eigenvalue weighted by Gasteiger charge is -2.26. The van der Waals surface area contributed by atoms with Gasteiger partial charge in [-0.1, -0.05) is 13.2 Å². The average molecular weight is 254 g/mol. The molecule has 6 nitrogen and oxygen atoms in total. The number of rotatable bonds is 9. The van der Waals surface area contributed by atoms with E-state index >= 15 is 0 Å². The Hall–Kier alpha value is -2.24. The number of aldehydes is 2. The largest absolute Gasteiger partial charge is 0.412 e. The highest BCUT2D eigenvalue weighted by molar-refractivity contribution is 5.86. The molecule has 6 heteroatoms. The molecule has 0 aliphatic carbocycles. The summed E-state index contributed by atoms with van der Waals surface area (Å²) in [7, 11) is 0. The van der Waals surface area contributed by atoms with Gasteiger partial charge in [0.15, 0.2) is 0 Å². The summed E-state index contributed by atoms with van der Waals surface area (Å²) in [6, 6.07) is 0. The van der Waals surface area contributed by atoms with Crippen LogP contribution in [0.1, 0.15) is 19.3 Å². The van der Waals surface area contributed by atoms with Gasteiger partial charge in [0.05, 0.1) is 0 Å². The summed E-state index contributed by atoms with van der Waals surface area (Å²) in [5, 5.41) is 0. The topological polar surface area (TPSA) is 86.7 Å². The van der Waals surface area contributed by atoms with E-state index in [4.69, 9.17) is 9.47 Å². The van der Waals surface area contributed by atoms with Crippen LogP contribution in [0.4, 0.5) is 0 Å². The van der Waals surface area contributed by atoms with E-state index in [-0.39, 0.29) is 25.5 Å². The fraction of sp³-hybridized carbons (Fsp3) is 0.333. The molecule has 0 aromatic heterocycles. The van der Waals surface area contributed by atoms with Crippen molar-refractivity contribution in [1.29, 1.82) is 0 Å². The molecule has 0 radical (unpaired) electrons. The van der Waals surface area contributed by atoms with E-state index in [1.165, 1.54) is 0 Å². The second-order valence-electron chi connectivity index (χ2n) is 3.24. The van der Waals surface area contributed by atoms with E-state index in [0.717, 1.165) is 12.2 Å². The number of carbonyl (C=O) groups excluding carboxylic acids is 4. The first-order chi connectivity index (χ1) is 8.53. The number of esters is 2. The van der Waals surface area contributed by atoms with E-state index in [1.807, 2.05) is 0 Å². The van der Waals surface area contributed by atoms with E-state index in [9.17, 15) is 19.2 Å². The summed E-state index contributed by atoms with van der Waals surface area (Å²) in [5.41, 5.74) is 0. The van der Waals surface area contributed by atoms with Gasteiger partial charge in [0, 0.05) is 25.0 Å². The molecule has 98 valence electrons. The highest BCUT2D eigenvalue weighted by Crippen LogP contribution is 2.20. The highest BCUT2D eigenvalue weighted by Gasteiger charge is 2.37. The molecule has 0 rings (SSSR count). The van der Waals surface area contributed by atoms with Gasteiger partial charge in [-0.3, -0.25) is 4.79 Å². The number of ether oxygens (including phenoxy) is 2. The molecule has 18 heavy (non-hydrogen) atoms. The second kappa shape index (κ2) is 7.94. The van der Waals surface area contributed by atoms with E-state index < -0.39 is 17.7 Å². The van der Waals surface area contributed by atoms with Gasteiger partial charge in [-0.25, -0.2) is 9.59 Å². The minimum Gasteiger partial charge on any atom is -0.412 e. The van der Waals surface area contributed by atoms with Crippen molar-refractivity contribution in [2.45, 2.75) is 25.0 Å². The quantitative estimate of drug-likeness (QED) is 0.198. The van der Waals surface area contributed by atoms with Crippen molar-refractivity contribution >= 4 is 24.5 Å². The van der Waals surface area contributed by atoms with Crippen LogP contribution in [0.3, 0.4) is 0 Å². The van der Waals surface area contributed by atoms with Gasteiger partial charge >= 0.3 is 17.7 Å². The number of hydrogen-bond acceptors (Lipinski definition) is 6. The Balaban J connectivity index is 4.91. The molecule has 0 heterocycles. The van der Waals surface area contributed by atoms with E-state index in [0.29, 0.717) is 6.29 Å². The monoisotopic (exact) mass is 254 g/mol. The van der Waals surface area contributed by atoms with Gasteiger partial charge in [0.2, 0.25) is 6.29 Å². The SMILES string of the molecule is C=CC(=O)OC(C=O)(CCCC=O)OC(=O)C=C. The third-order valence-electron chi connectivity index (χ3n) is 1.91. The van der Waals surface area contributed by atoms with Gasteiger partial charge in [0.1, 0.15) is 6.29 Å². The van der Waals surface area contributed by atoms with Crippen LogP contribution in [0, 0.1) is 0 Å². The predicted octanol–water partition coefficient (Wildman–Crippen LogP) is 0.709. The zero-order valence-electron chi connectivity index (χ0n) is 9.79. The van der Waals surface area contributed by atoms with Crippen LogP contribution in [-0.2, 0) is 28.7 Å². The second-order valence-corrected chi connectivity index (χ2v) is 3.24. The molecule has 0 fully saturated rings. The number of carbonyl (C=O) groups is 4. The molecule has 0 amide bonds. The molecular formula is C12H14O6. The lowest BCUT2D eigenvalue weighted by molar-refractivity contribution is -0.216. The maximum Gasteiger partial charge on any atom is 0.333 e. The molecule has 0 saturated carbocycles. The summed E-state index contributed by atoms with van der Waals surface area (Å²) in [5.74, 6) is -3.87. The van der Waals surface area contributed by atoms with Crippen LogP contribution in [0.5, 0.6) is 0 Å². The zero-order valence-corrected chi connectivity index (χ0v) is 9.79. The van der Waals surface area contributed by atoms with Crippen LogP contribution in [0.25, 0.3) is 0 Å². The van der Waals surface area contributed by atoms with Gasteiger partial charge in [0.25, 0.3) is 0 Å². The van der Waals surface area contributed by atoms with Crippen molar-refractivity contribution in [2.24, 2.45) is 0 Å². The Morgan fingerprint density at radius 3 is 1.89 bits per heavy atom. The molecular weight excluding hydrogens is 240 g/mol. The van der Waals surface area contributed by atoms with Gasteiger partial charge in [-0.2, -0.15) is 0 Å². The molecule has 0 N–H and O–H groups in total. The standard InChI is InChI=1S/C12H14O6/c1-3-10(15)17-12(9-14,7-5-6-8-13)18-11(16)4-2/h3-4,8-9H,1-2,5-7H2. The molecule has 0 aliphatic heterocycles. The smallest absolute Gasteiger partial charge is 0.333 e. The first kappa shape index (κ1) is 15.8. The van der Waals surface area contributed by atoms with Crippen molar-refractivity contribution in [3.05, 3.63) is 25.3 Å². The van der Waals surface area contributed by atoms with Gasteiger partial charge in [-0.15, -0.1) is 0 Å². The van der Waals surface area contributed by atoms with Gasteiger partial charge in [-0.05, 0) is 6.42 Å². The maximum atomic E-state index is 11.1. The molecule has 0 saturated heterocycles. The van der Waals surface area contributed by atoms with Crippen LogP contribution in [-0.4, -0.2) is 30.3 Å². The average Bonchev–Trinajstić information content (AvgIpc) is 2.38. The number of hydrogen-bond donors (Lipinski definition) is 0. The third kappa shape index (κ3) is 5.20. The Labute approximate surface area is 104 Å². The third-order valence-corrected chi connectivity index (χ3v) is 1.91. The minimum absolute atomic E-state index is 0.117. The van der Waals surface area contributed by atoms with Crippen molar-refractivity contribution < 1.29 is 28.7 Å². The lowest BCUT2D eigenvalue weighted by atomic mass is 10.1. The zero-order chi connectivity index (χ0) is 14.0. The van der Waals surface area contributed by atoms with Crippen molar-refractivity contribution in [3.63, 3.8) is 0 Å². The highest BCUT2D eigenvalue weighted by atomic mass is 16.7. The Kier molecular flexibility index (Phi) is 6.95. The Morgan fingerprint density at radius 2 is 1.56 bits per heavy atom. The fourth-order valence-corrected chi connectivity index (χ4v) is 1.09. The fourth-order valence-electron chi connectivity index (χ4n) is 1.09. The van der Waals surface area contributed by atoms with Crippen LogP contribution >= 0.6 is 0 Å². The molecule has 0 atom stereocenters. The first-order valence-electron chi connectivity index (χ1n) is 5.14. The molecule has 0 aromatic rings. The lowest BCUT2D eigenvalue weighted by Crippen LogP contribution is -2.41. The minimum atomic E-state index is -2.04. The van der Waals surface area contributed by atoms with E-state index in [2.05, 4.69) is 13.2 Å². The molecule has 0 aliphatic rings. The summed E-state index contributed by atoms with van der Waals surface area (Å²) in [6.45, 7) is 6.34. The van der Waals surface area contributed by atoms with Gasteiger partial charge < -0.3 is 14.3 Å². The normalized spacial score (nSPS) is 10.0. The van der Waals surface area contributed by atoms with Crippen LogP contribution in [0.2, 0.25) is 0 Å². The van der Waals surface area contributed by atoms with Crippen molar-refractivity contribution in [3.8, 4) is 0 Å². The van der Waals surface area contributed by atoms with Crippen LogP contribution in [0.15, 0.2) is 25.3 Å². The van der Waals surface area contributed by atoms with Crippen molar-refractivity contribution in [2.75, 3.05) is 0 Å². The van der Waals surface area contributed by atoms with Crippen LogP contribution < -0.4 is 0 Å². The summed E-state index contributed by atoms with van der Waals surface area (Å²) >= 11 is 0. The summed E-state index contributed by atoms with van der Waals surface area (Å²) in [6.07, 6.45) is 2.75. The summed E-state index contributed by atoms with van der Waals surface area (Å²) in [4.78, 5) is 43.4. The molecule has 0 bridgehead atoms. The van der Waals surface area contributed by atoms with E-state index in [1.54, 1.807) is 0 Å². The molecule has 0 unspecified atom stereocenters. The Morgan fingerprint density at radius 1 is 1.06 bits per heavy atom. The summed E-state index contributed by atoms with van der Waals surface area (Å²) < 4.78 is 9.45. The molecule has 0 aromatic carbocycles. The Bertz CT molecular complexity index is 336. The first-order valence-corrected chi connectivity index (χ1v) is 5.14. The maximum absolute atomic E-state index is 11.1. The van der Waals surface area contributed by atoms with Crippen molar-refractivity contribution in [1.82, 2.24) is 0 Å². The molecule has 0 spiro atoms. The number of unbranched alkanes of at least 4 members (excludes halogenated alkanes) is 1. The predicted molar refractivity (Wildman–Crippen MR) is 61.3 cm³/mol.